The fourth-order valence-corrected chi connectivity index (χ4v) is 5.51. The summed E-state index contributed by atoms with van der Waals surface area (Å²) in [5.74, 6) is -1.64. The molecule has 0 saturated carbocycles. The fraction of sp³-hybridized carbons (Fsp3) is 0.444. The van der Waals surface area contributed by atoms with Crippen LogP contribution in [0.1, 0.15) is 50.2 Å². The van der Waals surface area contributed by atoms with Crippen molar-refractivity contribution in [3.05, 3.63) is 59.7 Å². The summed E-state index contributed by atoms with van der Waals surface area (Å²) in [7, 11) is 1.43. The largest absolute Gasteiger partial charge is 0.479 e. The van der Waals surface area contributed by atoms with Gasteiger partial charge < -0.3 is 24.8 Å². The zero-order valence-corrected chi connectivity index (χ0v) is 20.4. The maximum atomic E-state index is 13.6. The number of carboxylic acids is 1. The van der Waals surface area contributed by atoms with Crippen molar-refractivity contribution in [2.75, 3.05) is 26.9 Å². The number of fused-ring (bicyclic) bond motifs is 3. The maximum absolute atomic E-state index is 13.6. The highest BCUT2D eigenvalue weighted by Crippen LogP contribution is 2.44. The first-order valence-electron chi connectivity index (χ1n) is 11.9. The molecule has 186 valence electrons. The molecular weight excluding hydrogens is 448 g/mol. The first kappa shape index (κ1) is 24.7. The van der Waals surface area contributed by atoms with E-state index in [1.165, 1.54) is 12.0 Å². The van der Waals surface area contributed by atoms with Gasteiger partial charge in [0.1, 0.15) is 17.7 Å². The third-order valence-electron chi connectivity index (χ3n) is 7.34. The molecule has 1 aliphatic carbocycles. The maximum Gasteiger partial charge on any atom is 0.408 e. The molecule has 2 N–H and O–H groups in total. The Morgan fingerprint density at radius 1 is 1.11 bits per heavy atom. The summed E-state index contributed by atoms with van der Waals surface area (Å²) in [5, 5.41) is 12.6. The SMILES string of the molecule is CCC1(C(=O)O)CCCN1C(=O)C(C)(COC)NC(=O)OCC1c2ccccc2-c2ccccc21. The highest BCUT2D eigenvalue weighted by Gasteiger charge is 2.53. The average Bonchev–Trinajstić information content (AvgIpc) is 3.42. The molecule has 1 saturated heterocycles. The van der Waals surface area contributed by atoms with Crippen molar-refractivity contribution in [1.29, 1.82) is 0 Å². The quantitative estimate of drug-likeness (QED) is 0.596. The fourth-order valence-electron chi connectivity index (χ4n) is 5.51. The Kier molecular flexibility index (Phi) is 6.85. The Morgan fingerprint density at radius 2 is 1.71 bits per heavy atom. The van der Waals surface area contributed by atoms with Crippen molar-refractivity contribution in [1.82, 2.24) is 10.2 Å². The molecule has 2 atom stereocenters. The summed E-state index contributed by atoms with van der Waals surface area (Å²) in [6, 6.07) is 16.1. The van der Waals surface area contributed by atoms with Crippen molar-refractivity contribution in [2.45, 2.75) is 50.1 Å². The summed E-state index contributed by atoms with van der Waals surface area (Å²) in [6.45, 7) is 3.60. The molecule has 1 fully saturated rings. The number of hydrogen-bond acceptors (Lipinski definition) is 5. The van der Waals surface area contributed by atoms with Gasteiger partial charge in [0.15, 0.2) is 0 Å². The van der Waals surface area contributed by atoms with Crippen LogP contribution in [-0.4, -0.2) is 65.9 Å². The molecule has 35 heavy (non-hydrogen) atoms. The lowest BCUT2D eigenvalue weighted by Crippen LogP contribution is -2.65. The van der Waals surface area contributed by atoms with Gasteiger partial charge in [0.05, 0.1) is 6.61 Å². The van der Waals surface area contributed by atoms with Crippen LogP contribution in [0.15, 0.2) is 48.5 Å². The third kappa shape index (κ3) is 4.27. The van der Waals surface area contributed by atoms with Gasteiger partial charge in [-0.15, -0.1) is 0 Å². The number of benzene rings is 2. The highest BCUT2D eigenvalue weighted by molar-refractivity contribution is 5.94. The molecule has 0 aromatic heterocycles. The molecule has 1 aliphatic heterocycles. The molecule has 1 heterocycles. The lowest BCUT2D eigenvalue weighted by atomic mass is 9.90. The van der Waals surface area contributed by atoms with E-state index in [2.05, 4.69) is 17.4 Å². The summed E-state index contributed by atoms with van der Waals surface area (Å²) >= 11 is 0. The minimum atomic E-state index is -1.47. The number of alkyl carbamates (subject to hydrolysis) is 1. The number of carboxylic acid groups (broad SMARTS) is 1. The van der Waals surface area contributed by atoms with Crippen molar-refractivity contribution in [2.24, 2.45) is 0 Å². The number of ether oxygens (including phenoxy) is 2. The van der Waals surface area contributed by atoms with Gasteiger partial charge in [-0.25, -0.2) is 9.59 Å². The highest BCUT2D eigenvalue weighted by atomic mass is 16.5. The first-order chi connectivity index (χ1) is 16.8. The summed E-state index contributed by atoms with van der Waals surface area (Å²) in [6.07, 6.45) is 0.483. The molecule has 2 aliphatic rings. The lowest BCUT2D eigenvalue weighted by Gasteiger charge is -2.40. The second kappa shape index (κ2) is 9.70. The molecular formula is C27H32N2O6. The molecule has 2 amide bonds. The average molecular weight is 481 g/mol. The number of rotatable bonds is 8. The van der Waals surface area contributed by atoms with E-state index >= 15 is 0 Å². The van der Waals surface area contributed by atoms with E-state index in [-0.39, 0.29) is 25.6 Å². The molecule has 0 radical (unpaired) electrons. The Balaban J connectivity index is 1.50. The topological polar surface area (TPSA) is 105 Å². The minimum absolute atomic E-state index is 0.106. The van der Waals surface area contributed by atoms with Crippen LogP contribution in [0.5, 0.6) is 0 Å². The Morgan fingerprint density at radius 3 is 2.26 bits per heavy atom. The van der Waals surface area contributed by atoms with Crippen molar-refractivity contribution in [3.8, 4) is 11.1 Å². The number of likely N-dealkylation sites (tertiary alicyclic amines) is 1. The number of carbonyl (C=O) groups is 3. The summed E-state index contributed by atoms with van der Waals surface area (Å²) in [5.41, 5.74) is 1.66. The zero-order chi connectivity index (χ0) is 25.2. The summed E-state index contributed by atoms with van der Waals surface area (Å²) in [4.78, 5) is 40.0. The van der Waals surface area contributed by atoms with Gasteiger partial charge in [0.25, 0.3) is 5.91 Å². The van der Waals surface area contributed by atoms with Crippen LogP contribution in [0.2, 0.25) is 0 Å². The van der Waals surface area contributed by atoms with Crippen LogP contribution < -0.4 is 5.32 Å². The van der Waals surface area contributed by atoms with E-state index < -0.39 is 29.0 Å². The second-order valence-electron chi connectivity index (χ2n) is 9.47. The number of aliphatic carboxylic acids is 1. The van der Waals surface area contributed by atoms with Crippen molar-refractivity contribution in [3.63, 3.8) is 0 Å². The molecule has 8 heteroatoms. The van der Waals surface area contributed by atoms with Crippen LogP contribution in [0.3, 0.4) is 0 Å². The van der Waals surface area contributed by atoms with E-state index in [0.717, 1.165) is 22.3 Å². The normalized spacial score (nSPS) is 20.6. The van der Waals surface area contributed by atoms with Gasteiger partial charge in [-0.05, 0) is 48.4 Å². The Bertz CT molecular complexity index is 1090. The molecule has 4 rings (SSSR count). The van der Waals surface area contributed by atoms with Gasteiger partial charge in [-0.1, -0.05) is 55.5 Å². The van der Waals surface area contributed by atoms with Gasteiger partial charge in [-0.3, -0.25) is 4.79 Å². The number of methoxy groups -OCH3 is 1. The van der Waals surface area contributed by atoms with Crippen LogP contribution in [0.4, 0.5) is 4.79 Å². The number of carbonyl (C=O) groups excluding carboxylic acids is 2. The van der Waals surface area contributed by atoms with E-state index in [1.807, 2.05) is 36.4 Å². The monoisotopic (exact) mass is 480 g/mol. The Labute approximate surface area is 205 Å². The standard InChI is InChI=1S/C27H32N2O6/c1-4-27(24(31)32)14-9-15-29(27)23(30)26(2,17-34-3)28-25(33)35-16-22-20-12-7-5-10-18(20)19-11-6-8-13-21(19)22/h5-8,10-13,22H,4,9,14-17H2,1-3H3,(H,28,33)(H,31,32). The first-order valence-corrected chi connectivity index (χ1v) is 11.9. The molecule has 0 bridgehead atoms. The van der Waals surface area contributed by atoms with E-state index in [0.29, 0.717) is 19.4 Å². The van der Waals surface area contributed by atoms with Crippen LogP contribution >= 0.6 is 0 Å². The van der Waals surface area contributed by atoms with Crippen LogP contribution in [0.25, 0.3) is 11.1 Å². The van der Waals surface area contributed by atoms with Crippen molar-refractivity contribution >= 4 is 18.0 Å². The predicted molar refractivity (Wildman–Crippen MR) is 130 cm³/mol. The number of nitrogens with zero attached hydrogens (tertiary/aromatic N) is 1. The zero-order valence-electron chi connectivity index (χ0n) is 20.4. The number of amides is 2. The van der Waals surface area contributed by atoms with E-state index in [9.17, 15) is 19.5 Å². The molecule has 0 spiro atoms. The predicted octanol–water partition coefficient (Wildman–Crippen LogP) is 3.79. The van der Waals surface area contributed by atoms with E-state index in [1.54, 1.807) is 13.8 Å². The third-order valence-corrected chi connectivity index (χ3v) is 7.34. The van der Waals surface area contributed by atoms with Gasteiger partial charge in [0, 0.05) is 19.6 Å². The molecule has 2 aromatic carbocycles. The minimum Gasteiger partial charge on any atom is -0.479 e. The summed E-state index contributed by atoms with van der Waals surface area (Å²) < 4.78 is 10.9. The van der Waals surface area contributed by atoms with Crippen molar-refractivity contribution < 1.29 is 29.0 Å². The molecule has 2 aromatic rings. The number of hydrogen-bond donors (Lipinski definition) is 2. The second-order valence-corrected chi connectivity index (χ2v) is 9.47. The number of nitrogens with one attached hydrogen (secondary N) is 1. The van der Waals surface area contributed by atoms with Gasteiger partial charge in [0.2, 0.25) is 0 Å². The molecule has 2 unspecified atom stereocenters. The smallest absolute Gasteiger partial charge is 0.408 e. The molecule has 8 nitrogen and oxygen atoms in total. The van der Waals surface area contributed by atoms with Gasteiger partial charge in [-0.2, -0.15) is 0 Å². The Hall–Kier alpha value is -3.39. The lowest BCUT2D eigenvalue weighted by molar-refractivity contribution is -0.160. The van der Waals surface area contributed by atoms with Crippen LogP contribution in [-0.2, 0) is 19.1 Å². The van der Waals surface area contributed by atoms with Gasteiger partial charge >= 0.3 is 12.1 Å². The van der Waals surface area contributed by atoms with E-state index in [4.69, 9.17) is 9.47 Å². The van der Waals surface area contributed by atoms with Crippen LogP contribution in [0, 0.1) is 0 Å².